The van der Waals surface area contributed by atoms with E-state index in [2.05, 4.69) is 20.7 Å². The van der Waals surface area contributed by atoms with Gasteiger partial charge in [-0.3, -0.25) is 4.72 Å². The second-order valence-corrected chi connectivity index (χ2v) is 6.51. The van der Waals surface area contributed by atoms with Gasteiger partial charge in [0.15, 0.2) is 5.75 Å². The number of para-hydroxylation sites is 1. The minimum absolute atomic E-state index is 0.137. The first-order chi connectivity index (χ1) is 8.92. The number of anilines is 1. The second-order valence-electron chi connectivity index (χ2n) is 4.01. The molecule has 0 radical (unpaired) electrons. The fourth-order valence-corrected chi connectivity index (χ4v) is 3.34. The zero-order chi connectivity index (χ0) is 14.0. The Morgan fingerprint density at radius 2 is 1.79 bits per heavy atom. The molecule has 0 saturated carbocycles. The Balaban J connectivity index is 2.43. The summed E-state index contributed by atoms with van der Waals surface area (Å²) in [5.74, 6) is -0.139. The molecule has 0 amide bonds. The molecule has 0 aliphatic heterocycles. The quantitative estimate of drug-likeness (QED) is 0.842. The van der Waals surface area contributed by atoms with Crippen molar-refractivity contribution in [1.82, 2.24) is 0 Å². The third-order valence-corrected chi connectivity index (χ3v) is 4.78. The molecule has 0 atom stereocenters. The number of hydrogen-bond donors (Lipinski definition) is 2. The third kappa shape index (κ3) is 2.90. The van der Waals surface area contributed by atoms with Crippen LogP contribution >= 0.6 is 15.9 Å². The van der Waals surface area contributed by atoms with Crippen molar-refractivity contribution in [1.29, 1.82) is 0 Å². The molecule has 0 unspecified atom stereocenters. The first-order valence-electron chi connectivity index (χ1n) is 5.48. The fourth-order valence-electron chi connectivity index (χ4n) is 1.66. The molecule has 2 N–H and O–H groups in total. The lowest BCUT2D eigenvalue weighted by Gasteiger charge is -2.11. The maximum absolute atomic E-state index is 12.2. The monoisotopic (exact) mass is 341 g/mol. The number of nitrogens with one attached hydrogen (secondary N) is 1. The summed E-state index contributed by atoms with van der Waals surface area (Å²) < 4.78 is 27.3. The van der Waals surface area contributed by atoms with Gasteiger partial charge in [0.1, 0.15) is 0 Å². The molecule has 0 spiro atoms. The number of benzene rings is 2. The summed E-state index contributed by atoms with van der Waals surface area (Å²) in [6, 6.07) is 11.4. The van der Waals surface area contributed by atoms with Crippen molar-refractivity contribution in [3.8, 4) is 5.75 Å². The molecule has 0 saturated heterocycles. The lowest BCUT2D eigenvalue weighted by atomic mass is 10.2. The molecule has 0 aromatic heterocycles. The van der Waals surface area contributed by atoms with Crippen LogP contribution in [0.1, 0.15) is 5.56 Å². The average molecular weight is 342 g/mol. The number of phenols is 1. The number of phenolic OH excluding ortho intramolecular Hbond substituents is 1. The molecule has 4 nitrogen and oxygen atoms in total. The van der Waals surface area contributed by atoms with Crippen molar-refractivity contribution in [2.75, 3.05) is 4.72 Å². The van der Waals surface area contributed by atoms with Crippen LogP contribution in [0.5, 0.6) is 5.75 Å². The summed E-state index contributed by atoms with van der Waals surface area (Å²) in [5.41, 5.74) is 0.780. The van der Waals surface area contributed by atoms with Gasteiger partial charge in [-0.2, -0.15) is 0 Å². The van der Waals surface area contributed by atoms with Crippen LogP contribution in [0.25, 0.3) is 0 Å². The lowest BCUT2D eigenvalue weighted by Crippen LogP contribution is -2.14. The number of aromatic hydroxyl groups is 1. The molecular formula is C13H12BrNO3S. The Hall–Kier alpha value is -1.53. The summed E-state index contributed by atoms with van der Waals surface area (Å²) in [5, 5.41) is 9.80. The van der Waals surface area contributed by atoms with Gasteiger partial charge in [-0.25, -0.2) is 8.42 Å². The molecule has 0 heterocycles. The van der Waals surface area contributed by atoms with Crippen molar-refractivity contribution >= 4 is 31.6 Å². The number of rotatable bonds is 3. The standard InChI is InChI=1S/C13H12BrNO3S/c1-9-5-2-3-8-12(9)19(17,18)15-11-7-4-6-10(14)13(11)16/h2-8,15-16H,1H3. The van der Waals surface area contributed by atoms with Gasteiger partial charge in [-0.15, -0.1) is 0 Å². The zero-order valence-electron chi connectivity index (χ0n) is 10.1. The summed E-state index contributed by atoms with van der Waals surface area (Å²) in [6.07, 6.45) is 0. The Morgan fingerprint density at radius 1 is 1.11 bits per heavy atom. The molecule has 2 rings (SSSR count). The zero-order valence-corrected chi connectivity index (χ0v) is 12.5. The van der Waals surface area contributed by atoms with E-state index in [9.17, 15) is 13.5 Å². The molecule has 0 aliphatic rings. The van der Waals surface area contributed by atoms with Gasteiger partial charge in [0.25, 0.3) is 10.0 Å². The van der Waals surface area contributed by atoms with Gasteiger partial charge in [0.2, 0.25) is 0 Å². The van der Waals surface area contributed by atoms with Gasteiger partial charge >= 0.3 is 0 Å². The van der Waals surface area contributed by atoms with E-state index in [0.717, 1.165) is 0 Å². The predicted octanol–water partition coefficient (Wildman–Crippen LogP) is 3.26. The number of sulfonamides is 1. The Labute approximate surface area is 120 Å². The van der Waals surface area contributed by atoms with Crippen molar-refractivity contribution < 1.29 is 13.5 Å². The SMILES string of the molecule is Cc1ccccc1S(=O)(=O)Nc1cccc(Br)c1O. The predicted molar refractivity (Wildman–Crippen MR) is 77.8 cm³/mol. The number of aryl methyl sites for hydroxylation is 1. The molecule has 19 heavy (non-hydrogen) atoms. The van der Waals surface area contributed by atoms with E-state index in [1.165, 1.54) is 12.1 Å². The van der Waals surface area contributed by atoms with Gasteiger partial charge in [0.05, 0.1) is 15.1 Å². The van der Waals surface area contributed by atoms with Crippen LogP contribution < -0.4 is 4.72 Å². The number of halogens is 1. The third-order valence-electron chi connectivity index (χ3n) is 2.61. The van der Waals surface area contributed by atoms with Crippen LogP contribution in [-0.4, -0.2) is 13.5 Å². The van der Waals surface area contributed by atoms with E-state index in [1.807, 2.05) is 0 Å². The van der Waals surface area contributed by atoms with Crippen LogP contribution in [0.2, 0.25) is 0 Å². The smallest absolute Gasteiger partial charge is 0.262 e. The van der Waals surface area contributed by atoms with Crippen LogP contribution in [0.4, 0.5) is 5.69 Å². The lowest BCUT2D eigenvalue weighted by molar-refractivity contribution is 0.474. The first kappa shape index (κ1) is 13.9. The summed E-state index contributed by atoms with van der Waals surface area (Å²) >= 11 is 3.14. The van der Waals surface area contributed by atoms with Crippen molar-refractivity contribution in [3.05, 3.63) is 52.5 Å². The van der Waals surface area contributed by atoms with E-state index in [4.69, 9.17) is 0 Å². The molecule has 6 heteroatoms. The van der Waals surface area contributed by atoms with E-state index < -0.39 is 10.0 Å². The van der Waals surface area contributed by atoms with Gasteiger partial charge < -0.3 is 5.11 Å². The van der Waals surface area contributed by atoms with Gasteiger partial charge in [-0.1, -0.05) is 24.3 Å². The molecule has 100 valence electrons. The molecular weight excluding hydrogens is 330 g/mol. The van der Waals surface area contributed by atoms with Crippen molar-refractivity contribution in [2.24, 2.45) is 0 Å². The van der Waals surface area contributed by atoms with Crippen molar-refractivity contribution in [2.45, 2.75) is 11.8 Å². The second kappa shape index (κ2) is 5.22. The molecule has 0 fully saturated rings. The van der Waals surface area contributed by atoms with E-state index in [1.54, 1.807) is 37.3 Å². The maximum Gasteiger partial charge on any atom is 0.262 e. The van der Waals surface area contributed by atoms with E-state index in [0.29, 0.717) is 10.0 Å². The summed E-state index contributed by atoms with van der Waals surface area (Å²) in [7, 11) is -3.71. The highest BCUT2D eigenvalue weighted by Gasteiger charge is 2.18. The topological polar surface area (TPSA) is 66.4 Å². The van der Waals surface area contributed by atoms with Crippen LogP contribution in [0.3, 0.4) is 0 Å². The first-order valence-corrected chi connectivity index (χ1v) is 7.75. The van der Waals surface area contributed by atoms with Crippen LogP contribution in [-0.2, 0) is 10.0 Å². The molecule has 2 aromatic carbocycles. The van der Waals surface area contributed by atoms with Crippen molar-refractivity contribution in [3.63, 3.8) is 0 Å². The number of hydrogen-bond acceptors (Lipinski definition) is 3. The summed E-state index contributed by atoms with van der Waals surface area (Å²) in [6.45, 7) is 1.72. The van der Waals surface area contributed by atoms with Gasteiger partial charge in [-0.05, 0) is 46.6 Å². The minimum Gasteiger partial charge on any atom is -0.505 e. The van der Waals surface area contributed by atoms with Crippen LogP contribution in [0.15, 0.2) is 51.8 Å². The minimum atomic E-state index is -3.71. The Kier molecular flexibility index (Phi) is 3.82. The maximum atomic E-state index is 12.2. The van der Waals surface area contributed by atoms with E-state index >= 15 is 0 Å². The van der Waals surface area contributed by atoms with Gasteiger partial charge in [0, 0.05) is 0 Å². The van der Waals surface area contributed by atoms with Crippen LogP contribution in [0, 0.1) is 6.92 Å². The van der Waals surface area contributed by atoms with E-state index in [-0.39, 0.29) is 16.3 Å². The highest BCUT2D eigenvalue weighted by molar-refractivity contribution is 9.10. The fraction of sp³-hybridized carbons (Fsp3) is 0.0769. The highest BCUT2D eigenvalue weighted by atomic mass is 79.9. The Morgan fingerprint density at radius 3 is 2.47 bits per heavy atom. The molecule has 0 bridgehead atoms. The summed E-state index contributed by atoms with van der Waals surface area (Å²) in [4.78, 5) is 0.189. The normalized spacial score (nSPS) is 11.3. The average Bonchev–Trinajstić information content (AvgIpc) is 2.35. The molecule has 0 aliphatic carbocycles. The molecule has 2 aromatic rings. The highest BCUT2D eigenvalue weighted by Crippen LogP contribution is 2.33. The Bertz CT molecular complexity index is 714. The largest absolute Gasteiger partial charge is 0.505 e.